The lowest BCUT2D eigenvalue weighted by atomic mass is 9.82. The summed E-state index contributed by atoms with van der Waals surface area (Å²) in [4.78, 5) is 28.2. The molecular weight excluding hydrogens is 387 g/mol. The highest BCUT2D eigenvalue weighted by Gasteiger charge is 2.31. The van der Waals surface area contributed by atoms with E-state index in [1.807, 2.05) is 13.0 Å². The highest BCUT2D eigenvalue weighted by Crippen LogP contribution is 2.43. The standard InChI is InChI=1S/C21H20BN2O6/c1-12-6-13-16-7-17(25)14(21(26)27)10-24(16)20(15-9-22-11-23-15)30-19(13)8-18(12)29-5-3-4-28-2/h6-11,20H,3-5H2,1-2H3,(H,26,27). The first-order chi connectivity index (χ1) is 14.5. The van der Waals surface area contributed by atoms with E-state index in [0.29, 0.717) is 41.7 Å². The van der Waals surface area contributed by atoms with E-state index in [1.54, 1.807) is 37.1 Å². The summed E-state index contributed by atoms with van der Waals surface area (Å²) in [6, 6.07) is 5.01. The molecule has 1 atom stereocenters. The van der Waals surface area contributed by atoms with Gasteiger partial charge in [0, 0.05) is 44.0 Å². The zero-order valence-corrected chi connectivity index (χ0v) is 16.6. The number of aryl methyl sites for hydroxylation is 1. The summed E-state index contributed by atoms with van der Waals surface area (Å²) in [5.41, 5.74) is 1.85. The van der Waals surface area contributed by atoms with Crippen molar-refractivity contribution in [3.63, 3.8) is 0 Å². The van der Waals surface area contributed by atoms with E-state index in [4.69, 9.17) is 14.2 Å². The van der Waals surface area contributed by atoms with Crippen LogP contribution >= 0.6 is 0 Å². The zero-order chi connectivity index (χ0) is 21.3. The van der Waals surface area contributed by atoms with Gasteiger partial charge in [0.05, 0.1) is 18.0 Å². The van der Waals surface area contributed by atoms with Gasteiger partial charge in [-0.3, -0.25) is 9.79 Å². The zero-order valence-electron chi connectivity index (χ0n) is 16.6. The topological polar surface area (TPSA) is 99.3 Å². The van der Waals surface area contributed by atoms with E-state index in [2.05, 4.69) is 4.99 Å². The molecule has 1 radical (unpaired) electrons. The Kier molecular flexibility index (Phi) is 5.45. The first-order valence-electron chi connectivity index (χ1n) is 9.50. The normalized spacial score (nSPS) is 16.2. The number of hydrogen-bond acceptors (Lipinski definition) is 6. The SMILES string of the molecule is COCCCOc1cc2c(cc1C)-c1cc(=O)c(C(=O)O)cn1C(C1=C[B]C=N1)O2. The van der Waals surface area contributed by atoms with E-state index in [9.17, 15) is 14.7 Å². The number of carbonyl (C=O) groups is 1. The van der Waals surface area contributed by atoms with Crippen LogP contribution in [-0.2, 0) is 4.74 Å². The van der Waals surface area contributed by atoms with Gasteiger partial charge in [0.25, 0.3) is 0 Å². The van der Waals surface area contributed by atoms with Crippen LogP contribution in [0, 0.1) is 6.92 Å². The summed E-state index contributed by atoms with van der Waals surface area (Å²) < 4.78 is 18.8. The van der Waals surface area contributed by atoms with Gasteiger partial charge in [-0.1, -0.05) is 5.98 Å². The summed E-state index contributed by atoms with van der Waals surface area (Å²) in [5, 5.41) is 9.39. The summed E-state index contributed by atoms with van der Waals surface area (Å²) in [6.45, 7) is 3.01. The highest BCUT2D eigenvalue weighted by atomic mass is 16.5. The molecule has 8 nitrogen and oxygen atoms in total. The van der Waals surface area contributed by atoms with Crippen molar-refractivity contribution in [3.05, 3.63) is 57.4 Å². The van der Waals surface area contributed by atoms with Crippen molar-refractivity contribution in [1.82, 2.24) is 4.57 Å². The molecule has 1 unspecified atom stereocenters. The molecule has 0 amide bonds. The lowest BCUT2D eigenvalue weighted by molar-refractivity contribution is 0.0693. The summed E-state index contributed by atoms with van der Waals surface area (Å²) >= 11 is 0. The number of carboxylic acids is 1. The molecule has 153 valence electrons. The van der Waals surface area contributed by atoms with Gasteiger partial charge in [-0.15, -0.1) is 0 Å². The number of methoxy groups -OCH3 is 1. The molecule has 1 N–H and O–H groups in total. The van der Waals surface area contributed by atoms with Crippen LogP contribution in [0.25, 0.3) is 11.3 Å². The molecule has 2 aliphatic heterocycles. The maximum absolute atomic E-state index is 12.4. The monoisotopic (exact) mass is 407 g/mol. The lowest BCUT2D eigenvalue weighted by Crippen LogP contribution is -2.27. The van der Waals surface area contributed by atoms with Crippen molar-refractivity contribution >= 4 is 19.4 Å². The second-order valence-electron chi connectivity index (χ2n) is 6.99. The van der Waals surface area contributed by atoms with Crippen LogP contribution in [-0.4, -0.2) is 49.4 Å². The van der Waals surface area contributed by atoms with Crippen molar-refractivity contribution < 1.29 is 24.1 Å². The molecule has 0 aliphatic carbocycles. The van der Waals surface area contributed by atoms with Gasteiger partial charge in [-0.05, 0) is 24.7 Å². The van der Waals surface area contributed by atoms with Crippen LogP contribution < -0.4 is 14.9 Å². The van der Waals surface area contributed by atoms with Crippen molar-refractivity contribution in [2.45, 2.75) is 19.6 Å². The number of rotatable bonds is 7. The molecule has 0 spiro atoms. The van der Waals surface area contributed by atoms with Gasteiger partial charge in [0.1, 0.15) is 17.1 Å². The van der Waals surface area contributed by atoms with Crippen molar-refractivity contribution in [2.75, 3.05) is 20.3 Å². The Morgan fingerprint density at radius 2 is 2.17 bits per heavy atom. The summed E-state index contributed by atoms with van der Waals surface area (Å²) in [7, 11) is 3.42. The highest BCUT2D eigenvalue weighted by molar-refractivity contribution is 6.73. The van der Waals surface area contributed by atoms with E-state index in [0.717, 1.165) is 12.0 Å². The second-order valence-corrected chi connectivity index (χ2v) is 6.99. The maximum atomic E-state index is 12.4. The number of benzene rings is 1. The third-order valence-corrected chi connectivity index (χ3v) is 4.93. The number of nitrogens with zero attached hydrogens (tertiary/aromatic N) is 2. The third kappa shape index (κ3) is 3.64. The van der Waals surface area contributed by atoms with Crippen LogP contribution in [0.2, 0.25) is 0 Å². The predicted molar refractivity (Wildman–Crippen MR) is 112 cm³/mol. The summed E-state index contributed by atoms with van der Waals surface area (Å²) in [6.07, 6.45) is 3.00. The number of aromatic nitrogens is 1. The molecule has 9 heteroatoms. The lowest BCUT2D eigenvalue weighted by Gasteiger charge is -2.32. The molecular formula is C21H20BN2O6. The fourth-order valence-electron chi connectivity index (χ4n) is 3.47. The van der Waals surface area contributed by atoms with E-state index >= 15 is 0 Å². The van der Waals surface area contributed by atoms with Gasteiger partial charge >= 0.3 is 5.97 Å². The largest absolute Gasteiger partial charge is 0.493 e. The minimum absolute atomic E-state index is 0.322. The van der Waals surface area contributed by atoms with Gasteiger partial charge in [0.2, 0.25) is 6.23 Å². The molecule has 1 aromatic heterocycles. The average Bonchev–Trinajstić information content (AvgIpc) is 3.25. The van der Waals surface area contributed by atoms with Crippen LogP contribution in [0.5, 0.6) is 11.5 Å². The van der Waals surface area contributed by atoms with Crippen LogP contribution in [0.15, 0.2) is 45.9 Å². The second kappa shape index (κ2) is 8.20. The number of hydrogen-bond donors (Lipinski definition) is 1. The number of aliphatic imine (C=N–C) groups is 1. The van der Waals surface area contributed by atoms with Crippen molar-refractivity contribution in [1.29, 1.82) is 0 Å². The van der Waals surface area contributed by atoms with Gasteiger partial charge in [0.15, 0.2) is 12.7 Å². The Morgan fingerprint density at radius 1 is 1.33 bits per heavy atom. The van der Waals surface area contributed by atoms with Gasteiger partial charge < -0.3 is 23.9 Å². The Hall–Kier alpha value is -3.33. The number of fused-ring (bicyclic) bond motifs is 3. The van der Waals surface area contributed by atoms with Crippen LogP contribution in [0.1, 0.15) is 28.6 Å². The molecule has 30 heavy (non-hydrogen) atoms. The number of aromatic carboxylic acids is 1. The van der Waals surface area contributed by atoms with E-state index in [-0.39, 0.29) is 5.56 Å². The molecule has 3 heterocycles. The minimum atomic E-state index is -1.29. The molecule has 2 aromatic rings. The fraction of sp³-hybridized carbons (Fsp3) is 0.286. The molecule has 0 bridgehead atoms. The smallest absolute Gasteiger partial charge is 0.341 e. The van der Waals surface area contributed by atoms with Gasteiger partial charge in [-0.25, -0.2) is 4.79 Å². The molecule has 4 rings (SSSR count). The quantitative estimate of drug-likeness (QED) is 0.559. The van der Waals surface area contributed by atoms with Crippen molar-refractivity contribution in [2.24, 2.45) is 4.99 Å². The summed E-state index contributed by atoms with van der Waals surface area (Å²) in [5.74, 6) is 1.72. The predicted octanol–water partition coefficient (Wildman–Crippen LogP) is 2.42. The Balaban J connectivity index is 1.80. The maximum Gasteiger partial charge on any atom is 0.341 e. The van der Waals surface area contributed by atoms with Crippen molar-refractivity contribution in [3.8, 4) is 22.8 Å². The number of carboxylic acid groups (broad SMARTS) is 1. The number of pyridine rings is 1. The molecule has 0 saturated carbocycles. The van der Waals surface area contributed by atoms with Gasteiger partial charge in [-0.2, -0.15) is 0 Å². The fourth-order valence-corrected chi connectivity index (χ4v) is 3.47. The third-order valence-electron chi connectivity index (χ3n) is 4.93. The van der Waals surface area contributed by atoms with E-state index in [1.165, 1.54) is 12.3 Å². The van der Waals surface area contributed by atoms with Crippen LogP contribution in [0.4, 0.5) is 0 Å². The first-order valence-corrected chi connectivity index (χ1v) is 9.50. The molecule has 1 aromatic carbocycles. The van der Waals surface area contributed by atoms with E-state index < -0.39 is 17.6 Å². The number of ether oxygens (including phenoxy) is 3. The van der Waals surface area contributed by atoms with Crippen LogP contribution in [0.3, 0.4) is 0 Å². The molecule has 0 saturated heterocycles. The Bertz CT molecular complexity index is 1120. The average molecular weight is 407 g/mol. The first kappa shape index (κ1) is 20.0. The minimum Gasteiger partial charge on any atom is -0.493 e. The Morgan fingerprint density at radius 3 is 2.87 bits per heavy atom. The molecule has 2 aliphatic rings. The Labute approximate surface area is 173 Å². The molecule has 0 fully saturated rings.